The van der Waals surface area contributed by atoms with Gasteiger partial charge in [0, 0.05) is 17.5 Å². The van der Waals surface area contributed by atoms with Gasteiger partial charge < -0.3 is 10.1 Å². The molecule has 1 aliphatic carbocycles. The Kier molecular flexibility index (Phi) is 5.11. The zero-order valence-corrected chi connectivity index (χ0v) is 15.3. The lowest BCUT2D eigenvalue weighted by Gasteiger charge is -2.14. The Morgan fingerprint density at radius 2 is 1.79 bits per heavy atom. The van der Waals surface area contributed by atoms with E-state index >= 15 is 0 Å². The second kappa shape index (κ2) is 7.70. The number of aromatic nitrogens is 1. The molecule has 3 nitrogen and oxygen atoms in total. The molecule has 146 valence electrons. The summed E-state index contributed by atoms with van der Waals surface area (Å²) in [5.74, 6) is 0.439. The minimum absolute atomic E-state index is 0.250. The number of anilines is 1. The molecule has 0 amide bonds. The van der Waals surface area contributed by atoms with Crippen molar-refractivity contribution in [2.75, 3.05) is 11.9 Å². The molecule has 28 heavy (non-hydrogen) atoms. The zero-order chi connectivity index (χ0) is 19.6. The van der Waals surface area contributed by atoms with E-state index in [1.807, 2.05) is 30.3 Å². The summed E-state index contributed by atoms with van der Waals surface area (Å²) < 4.78 is 41.5. The number of nitrogens with one attached hydrogen (secondary N) is 1. The molecule has 2 aromatic carbocycles. The van der Waals surface area contributed by atoms with Gasteiger partial charge in [-0.25, -0.2) is 4.98 Å². The third-order valence-corrected chi connectivity index (χ3v) is 5.14. The Hall–Kier alpha value is -2.76. The smallest absolute Gasteiger partial charge is 0.406 e. The van der Waals surface area contributed by atoms with Gasteiger partial charge in [-0.2, -0.15) is 0 Å². The number of pyridine rings is 1. The maximum Gasteiger partial charge on any atom is 0.573 e. The number of fused-ring (bicyclic) bond motifs is 1. The first kappa shape index (κ1) is 18.6. The SMILES string of the molecule is FC(F)(F)Oc1cccc(-c2ccc3cccc(NCC4CCCC4)c3n2)c1. The molecule has 1 aliphatic rings. The molecule has 0 atom stereocenters. The van der Waals surface area contributed by atoms with Gasteiger partial charge in [-0.3, -0.25) is 0 Å². The lowest BCUT2D eigenvalue weighted by atomic mass is 10.1. The number of ether oxygens (including phenoxy) is 1. The molecule has 0 radical (unpaired) electrons. The Morgan fingerprint density at radius 3 is 2.57 bits per heavy atom. The number of rotatable bonds is 5. The third kappa shape index (κ3) is 4.38. The van der Waals surface area contributed by atoms with Crippen molar-refractivity contribution in [2.45, 2.75) is 32.0 Å². The van der Waals surface area contributed by atoms with Crippen LogP contribution < -0.4 is 10.1 Å². The van der Waals surface area contributed by atoms with Gasteiger partial charge in [0.25, 0.3) is 0 Å². The molecular formula is C22H21F3N2O. The summed E-state index contributed by atoms with van der Waals surface area (Å²) in [6, 6.07) is 15.6. The number of hydrogen-bond donors (Lipinski definition) is 1. The first-order valence-corrected chi connectivity index (χ1v) is 9.48. The monoisotopic (exact) mass is 386 g/mol. The fraction of sp³-hybridized carbons (Fsp3) is 0.318. The van der Waals surface area contributed by atoms with Crippen LogP contribution in [0.3, 0.4) is 0 Å². The van der Waals surface area contributed by atoms with Crippen LogP contribution in [0.2, 0.25) is 0 Å². The van der Waals surface area contributed by atoms with E-state index in [1.165, 1.54) is 43.9 Å². The first-order valence-electron chi connectivity index (χ1n) is 9.48. The van der Waals surface area contributed by atoms with Gasteiger partial charge in [0.1, 0.15) is 5.75 Å². The quantitative estimate of drug-likeness (QED) is 0.551. The molecule has 6 heteroatoms. The minimum atomic E-state index is -4.72. The Bertz CT molecular complexity index is 965. The van der Waals surface area contributed by atoms with Crippen molar-refractivity contribution < 1.29 is 17.9 Å². The molecule has 1 saturated carbocycles. The number of hydrogen-bond acceptors (Lipinski definition) is 3. The van der Waals surface area contributed by atoms with Crippen LogP contribution >= 0.6 is 0 Å². The van der Waals surface area contributed by atoms with E-state index in [4.69, 9.17) is 4.98 Å². The third-order valence-electron chi connectivity index (χ3n) is 5.14. The number of para-hydroxylation sites is 1. The van der Waals surface area contributed by atoms with Gasteiger partial charge in [-0.05, 0) is 43.0 Å². The summed E-state index contributed by atoms with van der Waals surface area (Å²) in [5, 5.41) is 4.50. The summed E-state index contributed by atoms with van der Waals surface area (Å²) in [4.78, 5) is 4.73. The van der Waals surface area contributed by atoms with E-state index < -0.39 is 6.36 Å². The van der Waals surface area contributed by atoms with Crippen LogP contribution in [0, 0.1) is 5.92 Å². The molecule has 4 rings (SSSR count). The fourth-order valence-electron chi connectivity index (χ4n) is 3.77. The highest BCUT2D eigenvalue weighted by Gasteiger charge is 2.31. The summed E-state index contributed by atoms with van der Waals surface area (Å²) in [6.45, 7) is 0.917. The molecule has 0 aliphatic heterocycles. The second-order valence-corrected chi connectivity index (χ2v) is 7.18. The van der Waals surface area contributed by atoms with E-state index in [0.29, 0.717) is 17.2 Å². The summed E-state index contributed by atoms with van der Waals surface area (Å²) in [7, 11) is 0. The average molecular weight is 386 g/mol. The van der Waals surface area contributed by atoms with Crippen molar-refractivity contribution in [3.05, 3.63) is 54.6 Å². The standard InChI is InChI=1S/C22H21F3N2O/c23-22(24,25)28-18-9-3-8-17(13-18)19-12-11-16-7-4-10-20(21(16)27-19)26-14-15-5-1-2-6-15/h3-4,7-13,15,26H,1-2,5-6,14H2. The number of alkyl halides is 3. The van der Waals surface area contributed by atoms with Crippen LogP contribution in [0.1, 0.15) is 25.7 Å². The fourth-order valence-corrected chi connectivity index (χ4v) is 3.77. The highest BCUT2D eigenvalue weighted by atomic mass is 19.4. The summed E-state index contributed by atoms with van der Waals surface area (Å²) in [6.07, 6.45) is 0.374. The van der Waals surface area contributed by atoms with Crippen LogP contribution in [-0.2, 0) is 0 Å². The maximum atomic E-state index is 12.5. The Balaban J connectivity index is 1.63. The van der Waals surface area contributed by atoms with Crippen LogP contribution in [0.25, 0.3) is 22.2 Å². The van der Waals surface area contributed by atoms with Crippen molar-refractivity contribution in [1.29, 1.82) is 0 Å². The molecule has 3 aromatic rings. The summed E-state index contributed by atoms with van der Waals surface area (Å²) >= 11 is 0. The average Bonchev–Trinajstić information content (AvgIpc) is 3.18. The molecule has 0 saturated heterocycles. The van der Waals surface area contributed by atoms with Crippen molar-refractivity contribution in [1.82, 2.24) is 4.98 Å². The molecule has 1 heterocycles. The minimum Gasteiger partial charge on any atom is -0.406 e. The highest BCUT2D eigenvalue weighted by molar-refractivity contribution is 5.92. The van der Waals surface area contributed by atoms with Crippen molar-refractivity contribution >= 4 is 16.6 Å². The van der Waals surface area contributed by atoms with Gasteiger partial charge in [0.05, 0.1) is 16.9 Å². The summed E-state index contributed by atoms with van der Waals surface area (Å²) in [5.41, 5.74) is 2.96. The van der Waals surface area contributed by atoms with E-state index in [9.17, 15) is 13.2 Å². The number of halogens is 3. The molecule has 0 unspecified atom stereocenters. The molecule has 0 spiro atoms. The van der Waals surface area contributed by atoms with Gasteiger partial charge in [0.2, 0.25) is 0 Å². The first-order chi connectivity index (χ1) is 13.5. The largest absolute Gasteiger partial charge is 0.573 e. The lowest BCUT2D eigenvalue weighted by molar-refractivity contribution is -0.274. The van der Waals surface area contributed by atoms with Crippen molar-refractivity contribution in [3.8, 4) is 17.0 Å². The Labute approximate surface area is 161 Å². The highest BCUT2D eigenvalue weighted by Crippen LogP contribution is 2.31. The van der Waals surface area contributed by atoms with E-state index in [0.717, 1.165) is 23.1 Å². The lowest BCUT2D eigenvalue weighted by Crippen LogP contribution is -2.17. The number of nitrogens with zero attached hydrogens (tertiary/aromatic N) is 1. The van der Waals surface area contributed by atoms with Crippen molar-refractivity contribution in [2.24, 2.45) is 5.92 Å². The molecular weight excluding hydrogens is 365 g/mol. The van der Waals surface area contributed by atoms with E-state index in [2.05, 4.69) is 10.1 Å². The van der Waals surface area contributed by atoms with E-state index in [-0.39, 0.29) is 5.75 Å². The van der Waals surface area contributed by atoms with Crippen LogP contribution in [0.5, 0.6) is 5.75 Å². The van der Waals surface area contributed by atoms with E-state index in [1.54, 1.807) is 6.07 Å². The normalized spacial score (nSPS) is 15.1. The second-order valence-electron chi connectivity index (χ2n) is 7.18. The predicted molar refractivity (Wildman–Crippen MR) is 104 cm³/mol. The van der Waals surface area contributed by atoms with Gasteiger partial charge in [-0.1, -0.05) is 43.2 Å². The molecule has 1 N–H and O–H groups in total. The predicted octanol–water partition coefficient (Wildman–Crippen LogP) is 6.40. The maximum absolute atomic E-state index is 12.5. The zero-order valence-electron chi connectivity index (χ0n) is 15.3. The van der Waals surface area contributed by atoms with Crippen LogP contribution in [0.4, 0.5) is 18.9 Å². The Morgan fingerprint density at radius 1 is 1.00 bits per heavy atom. The van der Waals surface area contributed by atoms with Crippen LogP contribution in [-0.4, -0.2) is 17.9 Å². The van der Waals surface area contributed by atoms with Crippen molar-refractivity contribution in [3.63, 3.8) is 0 Å². The molecule has 0 bridgehead atoms. The molecule has 1 aromatic heterocycles. The number of benzene rings is 2. The van der Waals surface area contributed by atoms with Gasteiger partial charge in [-0.15, -0.1) is 13.2 Å². The van der Waals surface area contributed by atoms with Gasteiger partial charge >= 0.3 is 6.36 Å². The molecule has 1 fully saturated rings. The topological polar surface area (TPSA) is 34.1 Å². The van der Waals surface area contributed by atoms with Gasteiger partial charge in [0.15, 0.2) is 0 Å². The van der Waals surface area contributed by atoms with Crippen LogP contribution in [0.15, 0.2) is 54.6 Å².